The van der Waals surface area contributed by atoms with Crippen LogP contribution in [0.15, 0.2) is 38.3 Å². The van der Waals surface area contributed by atoms with E-state index in [2.05, 4.69) is 20.7 Å². The van der Waals surface area contributed by atoms with Gasteiger partial charge in [-0.1, -0.05) is 12.1 Å². The molecule has 0 aliphatic heterocycles. The van der Waals surface area contributed by atoms with Gasteiger partial charge in [-0.05, 0) is 52.2 Å². The summed E-state index contributed by atoms with van der Waals surface area (Å²) >= 11 is 4.52. The van der Waals surface area contributed by atoms with Crippen molar-refractivity contribution in [3.8, 4) is 0 Å². The van der Waals surface area contributed by atoms with Crippen molar-refractivity contribution in [1.82, 2.24) is 0 Å². The first kappa shape index (κ1) is 14.5. The maximum Gasteiger partial charge on any atom is 0.271 e. The quantitative estimate of drug-likeness (QED) is 0.879. The minimum atomic E-state index is -3.53. The Morgan fingerprint density at radius 1 is 1.32 bits per heavy atom. The molecule has 1 aromatic carbocycles. The number of aryl methyl sites for hydroxylation is 1. The molecule has 0 atom stereocenters. The number of anilines is 1. The zero-order valence-electron chi connectivity index (χ0n) is 10.2. The topological polar surface area (TPSA) is 72.2 Å². The normalized spacial score (nSPS) is 11.5. The molecule has 1 aromatic heterocycles. The monoisotopic (exact) mass is 360 g/mol. The number of hydrogen-bond acceptors (Lipinski definition) is 4. The highest BCUT2D eigenvalue weighted by Crippen LogP contribution is 2.31. The molecule has 0 fully saturated rings. The Kier molecular flexibility index (Phi) is 4.29. The van der Waals surface area contributed by atoms with E-state index in [1.807, 2.05) is 6.92 Å². The van der Waals surface area contributed by atoms with Crippen LogP contribution in [0.4, 0.5) is 5.69 Å². The van der Waals surface area contributed by atoms with Crippen molar-refractivity contribution >= 4 is 43.0 Å². The van der Waals surface area contributed by atoms with Gasteiger partial charge in [0.2, 0.25) is 0 Å². The highest BCUT2D eigenvalue weighted by Gasteiger charge is 2.18. The minimum absolute atomic E-state index is 0.291. The fourth-order valence-corrected chi connectivity index (χ4v) is 4.76. The number of nitrogens with one attached hydrogen (secondary N) is 1. The lowest BCUT2D eigenvalue weighted by molar-refractivity contribution is 0.603. The highest BCUT2D eigenvalue weighted by atomic mass is 79.9. The lowest BCUT2D eigenvalue weighted by Gasteiger charge is -2.06. The van der Waals surface area contributed by atoms with Gasteiger partial charge in [0.25, 0.3) is 10.0 Å². The Labute approximate surface area is 124 Å². The van der Waals surface area contributed by atoms with Gasteiger partial charge in [-0.3, -0.25) is 4.72 Å². The predicted molar refractivity (Wildman–Crippen MR) is 81.9 cm³/mol. The lowest BCUT2D eigenvalue weighted by Crippen LogP contribution is -2.11. The predicted octanol–water partition coefficient (Wildman–Crippen LogP) is 3.08. The van der Waals surface area contributed by atoms with Crippen LogP contribution >= 0.6 is 27.3 Å². The summed E-state index contributed by atoms with van der Waals surface area (Å²) in [6, 6.07) is 8.65. The molecule has 0 saturated carbocycles. The summed E-state index contributed by atoms with van der Waals surface area (Å²) in [5.41, 5.74) is 7.89. The van der Waals surface area contributed by atoms with Crippen LogP contribution in [-0.4, -0.2) is 8.42 Å². The molecule has 0 spiro atoms. The molecule has 0 saturated heterocycles. The third kappa shape index (κ3) is 3.36. The van der Waals surface area contributed by atoms with Gasteiger partial charge in [0, 0.05) is 12.2 Å². The Morgan fingerprint density at radius 2 is 1.95 bits per heavy atom. The summed E-state index contributed by atoms with van der Waals surface area (Å²) < 4.78 is 28.0. The maximum absolute atomic E-state index is 12.2. The summed E-state index contributed by atoms with van der Waals surface area (Å²) in [6.07, 6.45) is 0. The largest absolute Gasteiger partial charge is 0.326 e. The van der Waals surface area contributed by atoms with Crippen LogP contribution in [0.5, 0.6) is 0 Å². The van der Waals surface area contributed by atoms with E-state index in [0.717, 1.165) is 14.9 Å². The third-order valence-corrected chi connectivity index (χ3v) is 6.53. The van der Waals surface area contributed by atoms with Crippen LogP contribution in [-0.2, 0) is 16.6 Å². The van der Waals surface area contributed by atoms with Gasteiger partial charge in [-0.15, -0.1) is 11.3 Å². The van der Waals surface area contributed by atoms with E-state index in [-0.39, 0.29) is 0 Å². The summed E-state index contributed by atoms with van der Waals surface area (Å²) in [4.78, 5) is 0. The van der Waals surface area contributed by atoms with Gasteiger partial charge in [0.05, 0.1) is 3.79 Å². The number of hydrogen-bond donors (Lipinski definition) is 2. The SMILES string of the molecule is Cc1cc(S(=O)(=O)Nc2ccc(CN)cc2)sc1Br. The van der Waals surface area contributed by atoms with Gasteiger partial charge < -0.3 is 5.73 Å². The van der Waals surface area contributed by atoms with Crippen molar-refractivity contribution in [1.29, 1.82) is 0 Å². The molecule has 4 nitrogen and oxygen atoms in total. The fraction of sp³-hybridized carbons (Fsp3) is 0.167. The smallest absolute Gasteiger partial charge is 0.271 e. The second kappa shape index (κ2) is 5.62. The average molecular weight is 361 g/mol. The van der Waals surface area contributed by atoms with Crippen molar-refractivity contribution < 1.29 is 8.42 Å². The van der Waals surface area contributed by atoms with E-state index < -0.39 is 10.0 Å². The van der Waals surface area contributed by atoms with Crippen molar-refractivity contribution in [3.63, 3.8) is 0 Å². The molecule has 2 rings (SSSR count). The number of halogens is 1. The van der Waals surface area contributed by atoms with E-state index in [1.165, 1.54) is 11.3 Å². The average Bonchev–Trinajstić information content (AvgIpc) is 2.71. The van der Waals surface area contributed by atoms with E-state index in [4.69, 9.17) is 5.73 Å². The Bertz CT molecular complexity index is 659. The molecule has 7 heteroatoms. The van der Waals surface area contributed by atoms with E-state index >= 15 is 0 Å². The maximum atomic E-state index is 12.2. The van der Waals surface area contributed by atoms with Crippen molar-refractivity contribution in [2.45, 2.75) is 17.7 Å². The van der Waals surface area contributed by atoms with Gasteiger partial charge >= 0.3 is 0 Å². The summed E-state index contributed by atoms with van der Waals surface area (Å²) in [5.74, 6) is 0. The van der Waals surface area contributed by atoms with E-state index in [1.54, 1.807) is 30.3 Å². The number of sulfonamides is 1. The van der Waals surface area contributed by atoms with E-state index in [9.17, 15) is 8.42 Å². The molecule has 3 N–H and O–H groups in total. The highest BCUT2D eigenvalue weighted by molar-refractivity contribution is 9.11. The first-order valence-electron chi connectivity index (χ1n) is 5.50. The number of rotatable bonds is 4. The van der Waals surface area contributed by atoms with Gasteiger partial charge in [-0.25, -0.2) is 8.42 Å². The van der Waals surface area contributed by atoms with Gasteiger partial charge in [0.1, 0.15) is 4.21 Å². The van der Waals surface area contributed by atoms with Crippen molar-refractivity contribution in [2.75, 3.05) is 4.72 Å². The van der Waals surface area contributed by atoms with Crippen LogP contribution in [0.1, 0.15) is 11.1 Å². The summed E-state index contributed by atoms with van der Waals surface area (Å²) in [5, 5.41) is 0. The molecule has 0 bridgehead atoms. The number of nitrogens with two attached hydrogens (primary N) is 1. The van der Waals surface area contributed by atoms with Crippen molar-refractivity contribution in [2.24, 2.45) is 5.73 Å². The van der Waals surface area contributed by atoms with Crippen LogP contribution in [0.2, 0.25) is 0 Å². The molecule has 0 aliphatic rings. The van der Waals surface area contributed by atoms with Gasteiger partial charge in [0.15, 0.2) is 0 Å². The first-order valence-corrected chi connectivity index (χ1v) is 8.59. The Morgan fingerprint density at radius 3 is 2.42 bits per heavy atom. The lowest BCUT2D eigenvalue weighted by atomic mass is 10.2. The zero-order chi connectivity index (χ0) is 14.0. The second-order valence-corrected chi connectivity index (χ2v) is 8.31. The molecule has 19 heavy (non-hydrogen) atoms. The molecular weight excluding hydrogens is 348 g/mol. The third-order valence-electron chi connectivity index (χ3n) is 2.54. The molecule has 0 amide bonds. The molecule has 0 radical (unpaired) electrons. The molecule has 102 valence electrons. The van der Waals surface area contributed by atoms with Crippen molar-refractivity contribution in [3.05, 3.63) is 45.2 Å². The van der Waals surface area contributed by atoms with Crippen LogP contribution in [0.25, 0.3) is 0 Å². The minimum Gasteiger partial charge on any atom is -0.326 e. The van der Waals surface area contributed by atoms with Crippen LogP contribution in [0, 0.1) is 6.92 Å². The second-order valence-electron chi connectivity index (χ2n) is 4.03. The summed E-state index contributed by atoms with van der Waals surface area (Å²) in [6.45, 7) is 2.29. The summed E-state index contributed by atoms with van der Waals surface area (Å²) in [7, 11) is -3.53. The van der Waals surface area contributed by atoms with E-state index in [0.29, 0.717) is 16.4 Å². The molecular formula is C12H13BrN2O2S2. The zero-order valence-corrected chi connectivity index (χ0v) is 13.4. The molecule has 2 aromatic rings. The fourth-order valence-electron chi connectivity index (χ4n) is 1.48. The Hall–Kier alpha value is -0.890. The van der Waals surface area contributed by atoms with Crippen LogP contribution < -0.4 is 10.5 Å². The van der Waals surface area contributed by atoms with Crippen LogP contribution in [0.3, 0.4) is 0 Å². The Balaban J connectivity index is 2.25. The van der Waals surface area contributed by atoms with Gasteiger partial charge in [-0.2, -0.15) is 0 Å². The molecule has 0 aliphatic carbocycles. The number of thiophene rings is 1. The standard InChI is InChI=1S/C12H13BrN2O2S2/c1-8-6-11(18-12(8)13)19(16,17)15-10-4-2-9(7-14)3-5-10/h2-6,15H,7,14H2,1H3. The first-order chi connectivity index (χ1) is 8.92. The molecule has 1 heterocycles. The molecule has 0 unspecified atom stereocenters. The number of benzene rings is 1.